The van der Waals surface area contributed by atoms with Gasteiger partial charge in [0.1, 0.15) is 23.6 Å². The second-order valence-corrected chi connectivity index (χ2v) is 11.5. The van der Waals surface area contributed by atoms with E-state index in [2.05, 4.69) is 20.5 Å². The number of carbonyl (C=O) groups is 2. The molecular formula is C33H32F2N4O5. The summed E-state index contributed by atoms with van der Waals surface area (Å²) in [4.78, 5) is 32.5. The second kappa shape index (κ2) is 11.4. The van der Waals surface area contributed by atoms with Gasteiger partial charge in [0, 0.05) is 35.1 Å². The molecule has 2 fully saturated rings. The predicted molar refractivity (Wildman–Crippen MR) is 161 cm³/mol. The van der Waals surface area contributed by atoms with Crippen molar-refractivity contribution in [2.24, 2.45) is 5.41 Å². The van der Waals surface area contributed by atoms with Crippen LogP contribution in [0.4, 0.5) is 20.2 Å². The van der Waals surface area contributed by atoms with Gasteiger partial charge < -0.3 is 29.7 Å². The van der Waals surface area contributed by atoms with Gasteiger partial charge in [-0.05, 0) is 88.3 Å². The number of ether oxygens (including phenoxy) is 3. The van der Waals surface area contributed by atoms with Crippen molar-refractivity contribution in [2.45, 2.75) is 31.2 Å². The molecule has 0 spiro atoms. The van der Waals surface area contributed by atoms with Crippen molar-refractivity contribution in [3.8, 4) is 23.0 Å². The molecule has 0 radical (unpaired) electrons. The number of aromatic nitrogens is 1. The number of pyridine rings is 1. The van der Waals surface area contributed by atoms with Crippen LogP contribution < -0.4 is 24.8 Å². The maximum absolute atomic E-state index is 15.2. The summed E-state index contributed by atoms with van der Waals surface area (Å²) in [7, 11) is 5.63. The van der Waals surface area contributed by atoms with Crippen LogP contribution in [-0.2, 0) is 9.59 Å². The lowest BCUT2D eigenvalue weighted by Crippen LogP contribution is -2.35. The van der Waals surface area contributed by atoms with Crippen LogP contribution in [0, 0.1) is 17.0 Å². The number of rotatable bonds is 11. The van der Waals surface area contributed by atoms with Crippen LogP contribution in [0.25, 0.3) is 10.9 Å². The summed E-state index contributed by atoms with van der Waals surface area (Å²) in [5, 5.41) is 5.89. The molecule has 0 bridgehead atoms. The first-order valence-corrected chi connectivity index (χ1v) is 14.3. The van der Waals surface area contributed by atoms with E-state index in [1.807, 2.05) is 14.1 Å². The lowest BCUT2D eigenvalue weighted by atomic mass is 10.0. The van der Waals surface area contributed by atoms with E-state index in [1.165, 1.54) is 36.4 Å². The normalized spacial score (nSPS) is 15.9. The smallest absolute Gasteiger partial charge is 0.240 e. The van der Waals surface area contributed by atoms with Crippen molar-refractivity contribution < 1.29 is 32.6 Å². The summed E-state index contributed by atoms with van der Waals surface area (Å²) in [6.07, 6.45) is 4.38. The Morgan fingerprint density at radius 2 is 1.52 bits per heavy atom. The van der Waals surface area contributed by atoms with Gasteiger partial charge >= 0.3 is 0 Å². The molecule has 0 atom stereocenters. The van der Waals surface area contributed by atoms with E-state index < -0.39 is 28.9 Å². The number of nitrogens with zero attached hydrogens (tertiary/aromatic N) is 2. The first-order valence-electron chi connectivity index (χ1n) is 14.3. The molecule has 3 aromatic carbocycles. The van der Waals surface area contributed by atoms with Crippen LogP contribution >= 0.6 is 0 Å². The highest BCUT2D eigenvalue weighted by Gasteiger charge is 2.56. The van der Waals surface area contributed by atoms with Crippen molar-refractivity contribution in [1.29, 1.82) is 0 Å². The van der Waals surface area contributed by atoms with Gasteiger partial charge in [-0.3, -0.25) is 14.6 Å². The summed E-state index contributed by atoms with van der Waals surface area (Å²) in [5.74, 6) is -0.838. The van der Waals surface area contributed by atoms with E-state index in [-0.39, 0.29) is 17.0 Å². The molecule has 0 saturated heterocycles. The minimum atomic E-state index is -1.27. The monoisotopic (exact) mass is 602 g/mol. The summed E-state index contributed by atoms with van der Waals surface area (Å²) in [6.45, 7) is 0.520. The zero-order chi connectivity index (χ0) is 31.1. The number of hydrogen-bond acceptors (Lipinski definition) is 7. The van der Waals surface area contributed by atoms with Crippen molar-refractivity contribution in [3.63, 3.8) is 0 Å². The highest BCUT2D eigenvalue weighted by atomic mass is 19.1. The number of anilines is 2. The Balaban J connectivity index is 1.15. The topological polar surface area (TPSA) is 102 Å². The van der Waals surface area contributed by atoms with Gasteiger partial charge in [0.2, 0.25) is 11.8 Å². The van der Waals surface area contributed by atoms with Crippen LogP contribution in [0.1, 0.15) is 25.7 Å². The number of nitrogens with one attached hydrogen (secondary N) is 2. The molecule has 4 aromatic rings. The van der Waals surface area contributed by atoms with Gasteiger partial charge in [-0.25, -0.2) is 8.78 Å². The number of benzene rings is 3. The Bertz CT molecular complexity index is 1740. The van der Waals surface area contributed by atoms with Crippen molar-refractivity contribution >= 4 is 34.1 Å². The van der Waals surface area contributed by atoms with Crippen molar-refractivity contribution in [2.75, 3.05) is 38.4 Å². The molecule has 6 rings (SSSR count). The third kappa shape index (κ3) is 5.74. The van der Waals surface area contributed by atoms with Crippen molar-refractivity contribution in [1.82, 2.24) is 9.88 Å². The van der Waals surface area contributed by atoms with E-state index in [9.17, 15) is 14.0 Å². The molecule has 228 valence electrons. The van der Waals surface area contributed by atoms with Crippen LogP contribution in [-0.4, -0.2) is 55.0 Å². The minimum Gasteiger partial charge on any atom is -0.493 e. The van der Waals surface area contributed by atoms with Crippen LogP contribution in [0.15, 0.2) is 66.9 Å². The van der Waals surface area contributed by atoms with Gasteiger partial charge in [-0.2, -0.15) is 0 Å². The van der Waals surface area contributed by atoms with Gasteiger partial charge in [0.15, 0.2) is 23.1 Å². The third-order valence-electron chi connectivity index (χ3n) is 8.39. The Kier molecular flexibility index (Phi) is 7.58. The molecule has 44 heavy (non-hydrogen) atoms. The predicted octanol–water partition coefficient (Wildman–Crippen LogP) is 6.14. The Morgan fingerprint density at radius 1 is 0.841 bits per heavy atom. The average Bonchev–Trinajstić information content (AvgIpc) is 3.93. The fraction of sp³-hybridized carbons (Fsp3) is 0.303. The Morgan fingerprint density at radius 3 is 2.14 bits per heavy atom. The van der Waals surface area contributed by atoms with E-state index in [4.69, 9.17) is 14.2 Å². The molecule has 2 aliphatic rings. The fourth-order valence-electron chi connectivity index (χ4n) is 5.06. The number of likely N-dealkylation sites (N-methyl/N-ethyl adjacent to an activating group) is 1. The van der Waals surface area contributed by atoms with Gasteiger partial charge in [0.25, 0.3) is 0 Å². The van der Waals surface area contributed by atoms with E-state index in [0.717, 1.165) is 18.9 Å². The molecule has 1 heterocycles. The average molecular weight is 603 g/mol. The molecule has 11 heteroatoms. The maximum Gasteiger partial charge on any atom is 0.240 e. The lowest BCUT2D eigenvalue weighted by Gasteiger charge is -2.24. The number of fused-ring (bicyclic) bond motifs is 1. The summed E-state index contributed by atoms with van der Waals surface area (Å²) < 4.78 is 46.1. The van der Waals surface area contributed by atoms with Gasteiger partial charge in [0.05, 0.1) is 18.2 Å². The molecule has 0 aliphatic heterocycles. The van der Waals surface area contributed by atoms with E-state index in [1.54, 1.807) is 31.5 Å². The molecule has 2 aliphatic carbocycles. The molecule has 2 N–H and O–H groups in total. The standard InChI is InChI=1S/C33H32F2N4O5/c1-39(2)32(11-12-32)19-43-29-18-25-23(17-28(29)42-3)26(10-15-36-25)44-27-9-8-22(16-24(27)35)38-31(41)33(13-14-33)30(40)37-21-6-4-20(34)5-7-21/h4-10,15-18H,11-14,19H2,1-3H3,(H,37,40)(H,38,41). The van der Waals surface area contributed by atoms with Crippen molar-refractivity contribution in [3.05, 3.63) is 78.5 Å². The number of halogens is 2. The molecule has 2 amide bonds. The van der Waals surface area contributed by atoms with Crippen LogP contribution in [0.5, 0.6) is 23.0 Å². The molecule has 0 unspecified atom stereocenters. The quantitative estimate of drug-likeness (QED) is 0.199. The highest BCUT2D eigenvalue weighted by molar-refractivity contribution is 6.16. The third-order valence-corrected chi connectivity index (χ3v) is 8.39. The zero-order valence-electron chi connectivity index (χ0n) is 24.6. The first kappa shape index (κ1) is 29.3. The number of carbonyl (C=O) groups excluding carboxylic acids is 2. The van der Waals surface area contributed by atoms with Crippen LogP contribution in [0.2, 0.25) is 0 Å². The highest BCUT2D eigenvalue weighted by Crippen LogP contribution is 2.48. The maximum atomic E-state index is 15.2. The zero-order valence-corrected chi connectivity index (χ0v) is 24.6. The summed E-state index contributed by atoms with van der Waals surface area (Å²) >= 11 is 0. The largest absolute Gasteiger partial charge is 0.493 e. The Labute approximate surface area is 253 Å². The molecule has 1 aromatic heterocycles. The SMILES string of the molecule is COc1cc2c(Oc3ccc(NC(=O)C4(C(=O)Nc5ccc(F)cc5)CC4)cc3F)ccnc2cc1OCC1(N(C)C)CC1. The molecular weight excluding hydrogens is 570 g/mol. The number of methoxy groups -OCH3 is 1. The summed E-state index contributed by atoms with van der Waals surface area (Å²) in [6, 6.07) is 14.5. The van der Waals surface area contributed by atoms with Gasteiger partial charge in [-0.1, -0.05) is 0 Å². The number of amides is 2. The first-order chi connectivity index (χ1) is 21.1. The molecule has 9 nitrogen and oxygen atoms in total. The second-order valence-electron chi connectivity index (χ2n) is 11.5. The van der Waals surface area contributed by atoms with E-state index >= 15 is 4.39 Å². The number of hydrogen-bond donors (Lipinski definition) is 2. The lowest BCUT2D eigenvalue weighted by molar-refractivity contribution is -0.131. The molecule has 2 saturated carbocycles. The summed E-state index contributed by atoms with van der Waals surface area (Å²) in [5.41, 5.74) is -0.106. The van der Waals surface area contributed by atoms with E-state index in [0.29, 0.717) is 53.3 Å². The fourth-order valence-corrected chi connectivity index (χ4v) is 5.06. The minimum absolute atomic E-state index is 0.0250. The van der Waals surface area contributed by atoms with Crippen LogP contribution in [0.3, 0.4) is 0 Å². The Hall–Kier alpha value is -4.77. The van der Waals surface area contributed by atoms with Gasteiger partial charge in [-0.15, -0.1) is 0 Å².